The predicted octanol–water partition coefficient (Wildman–Crippen LogP) is 1.56. The zero-order valence-corrected chi connectivity index (χ0v) is 11.1. The van der Waals surface area contributed by atoms with Gasteiger partial charge >= 0.3 is 0 Å². The van der Waals surface area contributed by atoms with Gasteiger partial charge in [0.05, 0.1) is 13.2 Å². The molecule has 2 aliphatic heterocycles. The first-order valence-electron chi connectivity index (χ1n) is 5.88. The maximum atomic E-state index is 5.77. The first kappa shape index (κ1) is 11.9. The number of ether oxygens (including phenoxy) is 2. The van der Waals surface area contributed by atoms with Crippen LogP contribution in [0, 0.1) is 0 Å². The lowest BCUT2D eigenvalue weighted by Crippen LogP contribution is -2.20. The second kappa shape index (κ2) is 6.91. The van der Waals surface area contributed by atoms with Crippen molar-refractivity contribution >= 4 is 19.4 Å². The van der Waals surface area contributed by atoms with E-state index in [4.69, 9.17) is 13.9 Å². The first-order chi connectivity index (χ1) is 7.45. The Labute approximate surface area is 97.2 Å². The van der Waals surface area contributed by atoms with Crippen molar-refractivity contribution in [2.24, 2.45) is 0 Å². The van der Waals surface area contributed by atoms with E-state index in [0.29, 0.717) is 6.10 Å². The van der Waals surface area contributed by atoms with E-state index in [1.807, 2.05) is 0 Å². The van der Waals surface area contributed by atoms with Crippen LogP contribution in [-0.2, 0) is 13.9 Å². The van der Waals surface area contributed by atoms with Crippen molar-refractivity contribution in [2.75, 3.05) is 32.2 Å². The van der Waals surface area contributed by atoms with Gasteiger partial charge < -0.3 is 13.9 Å². The van der Waals surface area contributed by atoms with Crippen molar-refractivity contribution in [3.8, 4) is 0 Å². The Morgan fingerprint density at radius 1 is 1.40 bits per heavy atom. The van der Waals surface area contributed by atoms with Gasteiger partial charge in [0.2, 0.25) is 8.19 Å². The molecule has 0 amide bonds. The molecule has 0 aromatic heterocycles. The summed E-state index contributed by atoms with van der Waals surface area (Å²) in [5.41, 5.74) is 0. The van der Waals surface area contributed by atoms with E-state index in [1.54, 1.807) is 0 Å². The van der Waals surface area contributed by atoms with Gasteiger partial charge in [0.25, 0.3) is 0 Å². The van der Waals surface area contributed by atoms with Crippen molar-refractivity contribution in [3.05, 3.63) is 0 Å². The SMILES string of the molecule is C1CC[SiH](SCCCOCC2CO2)OC1. The lowest BCUT2D eigenvalue weighted by Gasteiger charge is -2.20. The summed E-state index contributed by atoms with van der Waals surface area (Å²) in [6.07, 6.45) is 4.23. The Morgan fingerprint density at radius 3 is 3.07 bits per heavy atom. The summed E-state index contributed by atoms with van der Waals surface area (Å²) >= 11 is 2.08. The molecule has 2 atom stereocenters. The average Bonchev–Trinajstić information content (AvgIpc) is 3.09. The normalized spacial score (nSPS) is 30.4. The summed E-state index contributed by atoms with van der Waals surface area (Å²) in [5, 5.41) is 0. The molecule has 0 saturated carbocycles. The third-order valence-electron chi connectivity index (χ3n) is 2.58. The summed E-state index contributed by atoms with van der Waals surface area (Å²) in [6.45, 7) is 3.59. The number of rotatable bonds is 7. The fraction of sp³-hybridized carbons (Fsp3) is 1.00. The third kappa shape index (κ3) is 5.35. The Balaban J connectivity index is 1.37. The Kier molecular flexibility index (Phi) is 5.49. The van der Waals surface area contributed by atoms with Crippen molar-refractivity contribution in [1.29, 1.82) is 0 Å². The van der Waals surface area contributed by atoms with Crippen LogP contribution in [0.4, 0.5) is 0 Å². The topological polar surface area (TPSA) is 31.0 Å². The van der Waals surface area contributed by atoms with E-state index >= 15 is 0 Å². The van der Waals surface area contributed by atoms with E-state index < -0.39 is 8.19 Å². The van der Waals surface area contributed by atoms with Crippen LogP contribution >= 0.6 is 11.2 Å². The Bertz CT molecular complexity index is 172. The lowest BCUT2D eigenvalue weighted by atomic mass is 10.4. The molecule has 88 valence electrons. The first-order valence-corrected chi connectivity index (χ1v) is 9.63. The Hall–Kier alpha value is 0.447. The minimum absolute atomic E-state index is 0.411. The molecule has 0 aromatic rings. The summed E-state index contributed by atoms with van der Waals surface area (Å²) in [4.78, 5) is 0. The van der Waals surface area contributed by atoms with Gasteiger partial charge in [-0.1, -0.05) is 6.42 Å². The van der Waals surface area contributed by atoms with E-state index in [-0.39, 0.29) is 0 Å². The summed E-state index contributed by atoms with van der Waals surface area (Å²) in [5.74, 6) is 1.21. The molecule has 0 aromatic carbocycles. The molecule has 5 heteroatoms. The van der Waals surface area contributed by atoms with Crippen LogP contribution in [0.2, 0.25) is 6.04 Å². The highest BCUT2D eigenvalue weighted by molar-refractivity contribution is 8.24. The van der Waals surface area contributed by atoms with Gasteiger partial charge in [-0.05, 0) is 24.6 Å². The van der Waals surface area contributed by atoms with Crippen LogP contribution in [0.25, 0.3) is 0 Å². The molecular formula is C10H20O3SSi. The molecule has 15 heavy (non-hydrogen) atoms. The molecule has 2 unspecified atom stereocenters. The van der Waals surface area contributed by atoms with Crippen LogP contribution in [0.5, 0.6) is 0 Å². The maximum Gasteiger partial charge on any atom is 0.238 e. The number of hydrogen-bond donors (Lipinski definition) is 0. The van der Waals surface area contributed by atoms with Gasteiger partial charge in [0, 0.05) is 13.2 Å². The largest absolute Gasteiger partial charge is 0.410 e. The molecule has 0 spiro atoms. The smallest absolute Gasteiger partial charge is 0.238 e. The Morgan fingerprint density at radius 2 is 2.33 bits per heavy atom. The fourth-order valence-corrected chi connectivity index (χ4v) is 6.49. The second-order valence-corrected chi connectivity index (χ2v) is 9.14. The van der Waals surface area contributed by atoms with Gasteiger partial charge in [-0.3, -0.25) is 0 Å². The molecule has 2 fully saturated rings. The zero-order chi connectivity index (χ0) is 10.3. The van der Waals surface area contributed by atoms with E-state index in [1.165, 1.54) is 24.6 Å². The van der Waals surface area contributed by atoms with Gasteiger partial charge in [-0.15, -0.1) is 0 Å². The van der Waals surface area contributed by atoms with Crippen LogP contribution in [-0.4, -0.2) is 46.5 Å². The van der Waals surface area contributed by atoms with Crippen molar-refractivity contribution in [3.63, 3.8) is 0 Å². The zero-order valence-electron chi connectivity index (χ0n) is 9.15. The van der Waals surface area contributed by atoms with Gasteiger partial charge in [0.1, 0.15) is 6.10 Å². The molecular weight excluding hydrogens is 228 g/mol. The minimum atomic E-state index is -0.849. The summed E-state index contributed by atoms with van der Waals surface area (Å²) in [7, 11) is -0.849. The molecule has 0 aliphatic carbocycles. The molecule has 2 aliphatic rings. The predicted molar refractivity (Wildman–Crippen MR) is 64.8 cm³/mol. The van der Waals surface area contributed by atoms with Crippen molar-refractivity contribution in [1.82, 2.24) is 0 Å². The molecule has 0 N–H and O–H groups in total. The fourth-order valence-electron chi connectivity index (χ4n) is 1.60. The van der Waals surface area contributed by atoms with E-state index in [0.717, 1.165) is 32.8 Å². The number of hydrogen-bond acceptors (Lipinski definition) is 4. The molecule has 2 heterocycles. The quantitative estimate of drug-likeness (QED) is 0.389. The van der Waals surface area contributed by atoms with Crippen molar-refractivity contribution < 1.29 is 13.9 Å². The molecule has 2 rings (SSSR count). The molecule has 0 radical (unpaired) electrons. The molecule has 2 saturated heterocycles. The van der Waals surface area contributed by atoms with Crippen molar-refractivity contribution in [2.45, 2.75) is 31.4 Å². The monoisotopic (exact) mass is 248 g/mol. The molecule has 0 bridgehead atoms. The highest BCUT2D eigenvalue weighted by atomic mass is 32.4. The second-order valence-electron chi connectivity index (χ2n) is 4.05. The number of epoxide rings is 1. The van der Waals surface area contributed by atoms with Gasteiger partial charge in [-0.25, -0.2) is 0 Å². The van der Waals surface area contributed by atoms with E-state index in [2.05, 4.69) is 11.2 Å². The highest BCUT2D eigenvalue weighted by Crippen LogP contribution is 2.21. The maximum absolute atomic E-state index is 5.77. The van der Waals surface area contributed by atoms with Gasteiger partial charge in [-0.2, -0.15) is 11.2 Å². The third-order valence-corrected chi connectivity index (χ3v) is 7.90. The van der Waals surface area contributed by atoms with Crippen LogP contribution in [0.1, 0.15) is 19.3 Å². The summed E-state index contributed by atoms with van der Waals surface area (Å²) < 4.78 is 16.3. The lowest BCUT2D eigenvalue weighted by molar-refractivity contribution is 0.117. The molecule has 3 nitrogen and oxygen atoms in total. The standard InChI is InChI=1S/C10H20O3SSi/c1-2-7-15(13-5-1)14-6-3-4-11-8-10-9-12-10/h10,15H,1-9H2. The minimum Gasteiger partial charge on any atom is -0.410 e. The van der Waals surface area contributed by atoms with Crippen LogP contribution in [0.15, 0.2) is 0 Å². The van der Waals surface area contributed by atoms with E-state index in [9.17, 15) is 0 Å². The summed E-state index contributed by atoms with van der Waals surface area (Å²) in [6, 6.07) is 1.36. The van der Waals surface area contributed by atoms with Gasteiger partial charge in [0.15, 0.2) is 0 Å². The van der Waals surface area contributed by atoms with Crippen LogP contribution in [0.3, 0.4) is 0 Å². The average molecular weight is 248 g/mol. The van der Waals surface area contributed by atoms with Crippen LogP contribution < -0.4 is 0 Å². The highest BCUT2D eigenvalue weighted by Gasteiger charge is 2.22.